The molecule has 0 amide bonds. The first-order valence-electron chi connectivity index (χ1n) is 4.93. The van der Waals surface area contributed by atoms with Crippen LogP contribution < -0.4 is 10.5 Å². The number of methoxy groups -OCH3 is 1. The second kappa shape index (κ2) is 4.18. The predicted octanol–water partition coefficient (Wildman–Crippen LogP) is 2.04. The number of anilines is 1. The zero-order chi connectivity index (χ0) is 11.5. The lowest BCUT2D eigenvalue weighted by Crippen LogP contribution is -1.95. The van der Waals surface area contributed by atoms with Crippen molar-refractivity contribution in [2.45, 2.75) is 6.92 Å². The van der Waals surface area contributed by atoms with Crippen LogP contribution >= 0.6 is 0 Å². The number of benzene rings is 1. The zero-order valence-electron chi connectivity index (χ0n) is 9.27. The van der Waals surface area contributed by atoms with Gasteiger partial charge in [0.25, 0.3) is 0 Å². The van der Waals surface area contributed by atoms with E-state index in [1.165, 1.54) is 0 Å². The van der Waals surface area contributed by atoms with Crippen LogP contribution in [0.15, 0.2) is 30.6 Å². The first kappa shape index (κ1) is 10.4. The fourth-order valence-electron chi connectivity index (χ4n) is 1.62. The molecule has 4 nitrogen and oxygen atoms in total. The summed E-state index contributed by atoms with van der Waals surface area (Å²) in [4.78, 5) is 8.37. The van der Waals surface area contributed by atoms with Gasteiger partial charge in [0.05, 0.1) is 7.11 Å². The Bertz CT molecular complexity index is 491. The maximum atomic E-state index is 5.80. The van der Waals surface area contributed by atoms with E-state index in [1.54, 1.807) is 19.5 Å². The minimum Gasteiger partial charge on any atom is -0.479 e. The fourth-order valence-corrected chi connectivity index (χ4v) is 1.62. The molecular weight excluding hydrogens is 202 g/mol. The predicted molar refractivity (Wildman–Crippen MR) is 63.2 cm³/mol. The summed E-state index contributed by atoms with van der Waals surface area (Å²) in [5, 5.41) is 0. The van der Waals surface area contributed by atoms with Crippen LogP contribution in [0.2, 0.25) is 0 Å². The molecule has 0 aliphatic rings. The number of aromatic nitrogens is 2. The molecule has 0 bridgehead atoms. The molecule has 0 saturated heterocycles. The van der Waals surface area contributed by atoms with Gasteiger partial charge in [-0.05, 0) is 30.7 Å². The summed E-state index contributed by atoms with van der Waals surface area (Å²) >= 11 is 0. The Kier molecular flexibility index (Phi) is 2.72. The molecule has 2 aromatic rings. The third-order valence-corrected chi connectivity index (χ3v) is 2.23. The monoisotopic (exact) mass is 215 g/mol. The van der Waals surface area contributed by atoms with E-state index in [0.717, 1.165) is 11.1 Å². The van der Waals surface area contributed by atoms with Crippen molar-refractivity contribution in [2.24, 2.45) is 0 Å². The van der Waals surface area contributed by atoms with Gasteiger partial charge in [0.1, 0.15) is 5.69 Å². The molecule has 0 fully saturated rings. The van der Waals surface area contributed by atoms with Gasteiger partial charge in [-0.3, -0.25) is 0 Å². The number of nitrogens with zero attached hydrogens (tertiary/aromatic N) is 2. The van der Waals surface area contributed by atoms with E-state index >= 15 is 0 Å². The number of nitrogens with two attached hydrogens (primary N) is 1. The largest absolute Gasteiger partial charge is 0.479 e. The molecule has 0 aliphatic heterocycles. The summed E-state index contributed by atoms with van der Waals surface area (Å²) in [5.74, 6) is 0.507. The van der Waals surface area contributed by atoms with Gasteiger partial charge in [0.2, 0.25) is 5.88 Å². The van der Waals surface area contributed by atoms with Crippen LogP contribution in [0.5, 0.6) is 5.88 Å². The molecule has 0 unspecified atom stereocenters. The van der Waals surface area contributed by atoms with Gasteiger partial charge in [0.15, 0.2) is 0 Å². The van der Waals surface area contributed by atoms with Gasteiger partial charge in [-0.1, -0.05) is 0 Å². The second-order valence-electron chi connectivity index (χ2n) is 3.55. The molecule has 1 aromatic carbocycles. The van der Waals surface area contributed by atoms with Crippen molar-refractivity contribution >= 4 is 5.69 Å². The Morgan fingerprint density at radius 1 is 1.12 bits per heavy atom. The number of ether oxygens (including phenoxy) is 1. The molecule has 0 radical (unpaired) electrons. The minimum atomic E-state index is 0.507. The molecular formula is C12H13N3O. The molecule has 0 aliphatic carbocycles. The van der Waals surface area contributed by atoms with Gasteiger partial charge < -0.3 is 10.5 Å². The van der Waals surface area contributed by atoms with Crippen LogP contribution in [0.1, 0.15) is 5.56 Å². The number of aryl methyl sites for hydroxylation is 1. The summed E-state index contributed by atoms with van der Waals surface area (Å²) in [6, 6.07) is 5.77. The van der Waals surface area contributed by atoms with Crippen LogP contribution in [0, 0.1) is 6.92 Å². The van der Waals surface area contributed by atoms with Crippen molar-refractivity contribution in [1.82, 2.24) is 9.97 Å². The van der Waals surface area contributed by atoms with E-state index in [2.05, 4.69) is 9.97 Å². The number of hydrogen-bond donors (Lipinski definition) is 1. The lowest BCUT2D eigenvalue weighted by molar-refractivity contribution is 0.398. The quantitative estimate of drug-likeness (QED) is 0.779. The maximum Gasteiger partial charge on any atom is 0.240 e. The molecule has 16 heavy (non-hydrogen) atoms. The van der Waals surface area contributed by atoms with E-state index in [1.807, 2.05) is 25.1 Å². The Balaban J connectivity index is 2.58. The third kappa shape index (κ3) is 1.95. The van der Waals surface area contributed by atoms with E-state index in [-0.39, 0.29) is 0 Å². The van der Waals surface area contributed by atoms with Gasteiger partial charge in [-0.15, -0.1) is 0 Å². The summed E-state index contributed by atoms with van der Waals surface area (Å²) in [6.07, 6.45) is 3.23. The fraction of sp³-hybridized carbons (Fsp3) is 0.167. The molecule has 1 aromatic heterocycles. The van der Waals surface area contributed by atoms with Crippen LogP contribution in [-0.2, 0) is 0 Å². The SMILES string of the molecule is COc1nccnc1-c1cc(C)cc(N)c1. The van der Waals surface area contributed by atoms with Crippen molar-refractivity contribution in [3.8, 4) is 17.1 Å². The van der Waals surface area contributed by atoms with Crippen LogP contribution in [0.3, 0.4) is 0 Å². The molecule has 2 N–H and O–H groups in total. The van der Waals surface area contributed by atoms with Crippen molar-refractivity contribution in [3.63, 3.8) is 0 Å². The number of hydrogen-bond acceptors (Lipinski definition) is 4. The average molecular weight is 215 g/mol. The van der Waals surface area contributed by atoms with E-state index in [0.29, 0.717) is 17.3 Å². The molecule has 0 saturated carbocycles. The molecule has 0 atom stereocenters. The number of rotatable bonds is 2. The van der Waals surface area contributed by atoms with Crippen LogP contribution in [0.25, 0.3) is 11.3 Å². The Morgan fingerprint density at radius 3 is 2.56 bits per heavy atom. The average Bonchev–Trinajstić information content (AvgIpc) is 2.27. The summed E-state index contributed by atoms with van der Waals surface area (Å²) < 4.78 is 5.17. The Hall–Kier alpha value is -2.10. The highest BCUT2D eigenvalue weighted by atomic mass is 16.5. The van der Waals surface area contributed by atoms with Gasteiger partial charge in [-0.25, -0.2) is 9.97 Å². The standard InChI is InChI=1S/C12H13N3O/c1-8-5-9(7-10(13)6-8)11-12(16-2)15-4-3-14-11/h3-7H,13H2,1-2H3. The smallest absolute Gasteiger partial charge is 0.240 e. The van der Waals surface area contributed by atoms with E-state index in [4.69, 9.17) is 10.5 Å². The second-order valence-corrected chi connectivity index (χ2v) is 3.55. The lowest BCUT2D eigenvalue weighted by atomic mass is 10.1. The number of nitrogen functional groups attached to an aromatic ring is 1. The van der Waals surface area contributed by atoms with Crippen molar-refractivity contribution in [1.29, 1.82) is 0 Å². The normalized spacial score (nSPS) is 10.1. The van der Waals surface area contributed by atoms with E-state index in [9.17, 15) is 0 Å². The summed E-state index contributed by atoms with van der Waals surface area (Å²) in [7, 11) is 1.58. The third-order valence-electron chi connectivity index (χ3n) is 2.23. The Labute approximate surface area is 94.1 Å². The van der Waals surface area contributed by atoms with Crippen LogP contribution in [0.4, 0.5) is 5.69 Å². The summed E-state index contributed by atoms with van der Waals surface area (Å²) in [5.41, 5.74) is 9.22. The first-order valence-corrected chi connectivity index (χ1v) is 4.93. The van der Waals surface area contributed by atoms with Gasteiger partial charge in [-0.2, -0.15) is 0 Å². The Morgan fingerprint density at radius 2 is 1.88 bits per heavy atom. The van der Waals surface area contributed by atoms with E-state index < -0.39 is 0 Å². The summed E-state index contributed by atoms with van der Waals surface area (Å²) in [6.45, 7) is 1.99. The highest BCUT2D eigenvalue weighted by Crippen LogP contribution is 2.27. The first-order chi connectivity index (χ1) is 7.70. The van der Waals surface area contributed by atoms with Crippen molar-refractivity contribution < 1.29 is 4.74 Å². The van der Waals surface area contributed by atoms with Gasteiger partial charge in [0, 0.05) is 23.6 Å². The minimum absolute atomic E-state index is 0.507. The highest BCUT2D eigenvalue weighted by Gasteiger charge is 2.08. The topological polar surface area (TPSA) is 61.0 Å². The molecule has 82 valence electrons. The van der Waals surface area contributed by atoms with Gasteiger partial charge >= 0.3 is 0 Å². The highest BCUT2D eigenvalue weighted by molar-refractivity contribution is 5.68. The van der Waals surface area contributed by atoms with Crippen LogP contribution in [-0.4, -0.2) is 17.1 Å². The van der Waals surface area contributed by atoms with Crippen molar-refractivity contribution in [3.05, 3.63) is 36.2 Å². The molecule has 4 heteroatoms. The van der Waals surface area contributed by atoms with Crippen molar-refractivity contribution in [2.75, 3.05) is 12.8 Å². The molecule has 0 spiro atoms. The lowest BCUT2D eigenvalue weighted by Gasteiger charge is -2.07. The maximum absolute atomic E-state index is 5.80. The zero-order valence-corrected chi connectivity index (χ0v) is 9.27. The molecule has 2 rings (SSSR count). The molecule has 1 heterocycles.